The Morgan fingerprint density at radius 3 is 2.50 bits per heavy atom. The van der Waals surface area contributed by atoms with Gasteiger partial charge < -0.3 is 13.9 Å². The Morgan fingerprint density at radius 1 is 0.917 bits per heavy atom. The smallest absolute Gasteiger partial charge is 0.0996 e. The maximum absolute atomic E-state index is 5.33. The molecule has 0 saturated carbocycles. The van der Waals surface area contributed by atoms with Crippen LogP contribution in [0.15, 0.2) is 59.7 Å². The molecule has 24 heavy (non-hydrogen) atoms. The zero-order chi connectivity index (χ0) is 16.2. The molecule has 1 fully saturated rings. The molecular weight excluding hydrogens is 298 g/mol. The SMILES string of the molecule is c1ccc(-c2ncn(CCN3CCCCC3)c2-c2ccoc2)cc1. The van der Waals surface area contributed by atoms with Crippen LogP contribution in [-0.4, -0.2) is 34.1 Å². The fourth-order valence-corrected chi connectivity index (χ4v) is 3.49. The quantitative estimate of drug-likeness (QED) is 0.703. The number of nitrogens with zero attached hydrogens (tertiary/aromatic N) is 3. The highest BCUT2D eigenvalue weighted by Crippen LogP contribution is 2.31. The summed E-state index contributed by atoms with van der Waals surface area (Å²) in [7, 11) is 0. The van der Waals surface area contributed by atoms with Gasteiger partial charge in [-0.3, -0.25) is 0 Å². The third-order valence-electron chi connectivity index (χ3n) is 4.79. The number of hydrogen-bond acceptors (Lipinski definition) is 3. The lowest BCUT2D eigenvalue weighted by Gasteiger charge is -2.26. The molecule has 4 rings (SSSR count). The van der Waals surface area contributed by atoms with Crippen molar-refractivity contribution in [2.75, 3.05) is 19.6 Å². The zero-order valence-corrected chi connectivity index (χ0v) is 13.9. The zero-order valence-electron chi connectivity index (χ0n) is 13.9. The lowest BCUT2D eigenvalue weighted by Crippen LogP contribution is -2.32. The summed E-state index contributed by atoms with van der Waals surface area (Å²) in [6.45, 7) is 4.48. The van der Waals surface area contributed by atoms with Crippen molar-refractivity contribution in [1.29, 1.82) is 0 Å². The standard InChI is InChI=1S/C20H23N3O/c1-3-7-17(8-4-1)19-20(18-9-14-24-15-18)23(16-21-19)13-12-22-10-5-2-6-11-22/h1,3-4,7-9,14-16H,2,5-6,10-13H2. The van der Waals surface area contributed by atoms with Gasteiger partial charge in [0.1, 0.15) is 0 Å². The van der Waals surface area contributed by atoms with Crippen LogP contribution in [-0.2, 0) is 6.54 Å². The maximum Gasteiger partial charge on any atom is 0.0996 e. The molecule has 0 N–H and O–H groups in total. The number of piperidine rings is 1. The van der Waals surface area contributed by atoms with Crippen LogP contribution in [0.4, 0.5) is 0 Å². The normalized spacial score (nSPS) is 15.7. The molecule has 4 heteroatoms. The van der Waals surface area contributed by atoms with Crippen molar-refractivity contribution < 1.29 is 4.42 Å². The molecule has 1 saturated heterocycles. The van der Waals surface area contributed by atoms with Gasteiger partial charge in [0.15, 0.2) is 0 Å². The van der Waals surface area contributed by atoms with E-state index in [1.165, 1.54) is 32.4 Å². The predicted molar refractivity (Wildman–Crippen MR) is 95.7 cm³/mol. The average molecular weight is 321 g/mol. The van der Waals surface area contributed by atoms with E-state index in [1.807, 2.05) is 18.5 Å². The van der Waals surface area contributed by atoms with Crippen LogP contribution in [0.3, 0.4) is 0 Å². The molecule has 0 amide bonds. The van der Waals surface area contributed by atoms with Crippen LogP contribution in [0.2, 0.25) is 0 Å². The Balaban J connectivity index is 1.63. The van der Waals surface area contributed by atoms with E-state index < -0.39 is 0 Å². The van der Waals surface area contributed by atoms with Crippen LogP contribution in [0.1, 0.15) is 19.3 Å². The van der Waals surface area contributed by atoms with Gasteiger partial charge in [0.2, 0.25) is 0 Å². The van der Waals surface area contributed by atoms with Gasteiger partial charge in [-0.25, -0.2) is 4.98 Å². The minimum absolute atomic E-state index is 0.959. The predicted octanol–water partition coefficient (Wildman–Crippen LogP) is 4.30. The van der Waals surface area contributed by atoms with E-state index in [1.54, 1.807) is 12.5 Å². The van der Waals surface area contributed by atoms with Crippen LogP contribution < -0.4 is 0 Å². The maximum atomic E-state index is 5.33. The van der Waals surface area contributed by atoms with Crippen LogP contribution >= 0.6 is 0 Å². The lowest BCUT2D eigenvalue weighted by atomic mass is 10.1. The Labute approximate surface area is 142 Å². The van der Waals surface area contributed by atoms with E-state index in [0.29, 0.717) is 0 Å². The van der Waals surface area contributed by atoms with Crippen molar-refractivity contribution in [3.63, 3.8) is 0 Å². The molecule has 0 aliphatic carbocycles. The Bertz CT molecular complexity index is 756. The van der Waals surface area contributed by atoms with Gasteiger partial charge in [0, 0.05) is 24.2 Å². The third kappa shape index (κ3) is 3.15. The van der Waals surface area contributed by atoms with Gasteiger partial charge in [-0.15, -0.1) is 0 Å². The van der Waals surface area contributed by atoms with Crippen molar-refractivity contribution in [3.05, 3.63) is 55.3 Å². The second kappa shape index (κ2) is 7.05. The molecule has 0 atom stereocenters. The van der Waals surface area contributed by atoms with E-state index in [9.17, 15) is 0 Å². The highest BCUT2D eigenvalue weighted by atomic mass is 16.3. The molecule has 2 aromatic heterocycles. The number of imidazole rings is 1. The molecule has 0 spiro atoms. The highest BCUT2D eigenvalue weighted by molar-refractivity contribution is 5.78. The van der Waals surface area contributed by atoms with Gasteiger partial charge in [-0.1, -0.05) is 36.8 Å². The minimum Gasteiger partial charge on any atom is -0.472 e. The van der Waals surface area contributed by atoms with Gasteiger partial charge in [0.25, 0.3) is 0 Å². The molecule has 0 bridgehead atoms. The first-order valence-corrected chi connectivity index (χ1v) is 8.77. The van der Waals surface area contributed by atoms with E-state index in [2.05, 4.69) is 33.7 Å². The summed E-state index contributed by atoms with van der Waals surface area (Å²) in [4.78, 5) is 7.27. The number of benzene rings is 1. The molecule has 0 unspecified atom stereocenters. The summed E-state index contributed by atoms with van der Waals surface area (Å²) in [5.74, 6) is 0. The first-order valence-electron chi connectivity index (χ1n) is 8.77. The number of likely N-dealkylation sites (tertiary alicyclic amines) is 1. The fraction of sp³-hybridized carbons (Fsp3) is 0.350. The van der Waals surface area contributed by atoms with Crippen molar-refractivity contribution in [3.8, 4) is 22.5 Å². The van der Waals surface area contributed by atoms with Crippen molar-refractivity contribution >= 4 is 0 Å². The second-order valence-corrected chi connectivity index (χ2v) is 6.42. The molecule has 124 valence electrons. The lowest BCUT2D eigenvalue weighted by molar-refractivity contribution is 0.221. The molecule has 1 aliphatic rings. The van der Waals surface area contributed by atoms with Gasteiger partial charge >= 0.3 is 0 Å². The highest BCUT2D eigenvalue weighted by Gasteiger charge is 2.17. The van der Waals surface area contributed by atoms with E-state index in [4.69, 9.17) is 9.40 Å². The monoisotopic (exact) mass is 321 g/mol. The summed E-state index contributed by atoms with van der Waals surface area (Å²) in [5.41, 5.74) is 4.40. The number of furan rings is 1. The second-order valence-electron chi connectivity index (χ2n) is 6.42. The molecular formula is C20H23N3O. The molecule has 3 heterocycles. The summed E-state index contributed by atoms with van der Waals surface area (Å²) >= 11 is 0. The van der Waals surface area contributed by atoms with E-state index >= 15 is 0 Å². The topological polar surface area (TPSA) is 34.2 Å². The Morgan fingerprint density at radius 2 is 1.75 bits per heavy atom. The van der Waals surface area contributed by atoms with Crippen molar-refractivity contribution in [2.24, 2.45) is 0 Å². The van der Waals surface area contributed by atoms with Crippen LogP contribution in [0.25, 0.3) is 22.5 Å². The first-order chi connectivity index (χ1) is 11.9. The summed E-state index contributed by atoms with van der Waals surface area (Å²) in [6, 6.07) is 12.4. The van der Waals surface area contributed by atoms with Crippen molar-refractivity contribution in [1.82, 2.24) is 14.5 Å². The number of hydrogen-bond donors (Lipinski definition) is 0. The largest absolute Gasteiger partial charge is 0.472 e. The van der Waals surface area contributed by atoms with Gasteiger partial charge in [0.05, 0.1) is 30.2 Å². The molecule has 1 aliphatic heterocycles. The summed E-state index contributed by atoms with van der Waals surface area (Å²) in [6.07, 6.45) is 9.53. The van der Waals surface area contributed by atoms with E-state index in [-0.39, 0.29) is 0 Å². The van der Waals surface area contributed by atoms with Gasteiger partial charge in [-0.05, 0) is 32.0 Å². The molecule has 3 aromatic rings. The number of rotatable bonds is 5. The molecule has 1 aromatic carbocycles. The van der Waals surface area contributed by atoms with Crippen LogP contribution in [0, 0.1) is 0 Å². The van der Waals surface area contributed by atoms with Crippen LogP contribution in [0.5, 0.6) is 0 Å². The summed E-state index contributed by atoms with van der Waals surface area (Å²) < 4.78 is 7.59. The Hall–Kier alpha value is -2.33. The minimum atomic E-state index is 0.959. The molecule has 0 radical (unpaired) electrons. The third-order valence-corrected chi connectivity index (χ3v) is 4.79. The Kier molecular flexibility index (Phi) is 4.47. The summed E-state index contributed by atoms with van der Waals surface area (Å²) in [5, 5.41) is 0. The number of aromatic nitrogens is 2. The first kappa shape index (κ1) is 15.2. The van der Waals surface area contributed by atoms with E-state index in [0.717, 1.165) is 35.6 Å². The average Bonchev–Trinajstić information content (AvgIpc) is 3.31. The fourth-order valence-electron chi connectivity index (χ4n) is 3.49. The molecule has 4 nitrogen and oxygen atoms in total. The van der Waals surface area contributed by atoms with Gasteiger partial charge in [-0.2, -0.15) is 0 Å². The van der Waals surface area contributed by atoms with Crippen molar-refractivity contribution in [2.45, 2.75) is 25.8 Å².